The van der Waals surface area contributed by atoms with Crippen LogP contribution in [0.2, 0.25) is 0 Å². The van der Waals surface area contributed by atoms with Crippen LogP contribution in [0.4, 0.5) is 5.95 Å². The van der Waals surface area contributed by atoms with Gasteiger partial charge in [-0.05, 0) is 55.4 Å². The maximum atomic E-state index is 5.81. The van der Waals surface area contributed by atoms with Crippen LogP contribution in [0.5, 0.6) is 0 Å². The number of hydrogen-bond donors (Lipinski definition) is 0. The number of hydrogen-bond acceptors (Lipinski definition) is 5. The zero-order chi connectivity index (χ0) is 18.5. The minimum Gasteiger partial charge on any atom is -0.482 e. The van der Waals surface area contributed by atoms with E-state index in [0.29, 0.717) is 0 Å². The van der Waals surface area contributed by atoms with Crippen molar-refractivity contribution in [3.05, 3.63) is 47.5 Å². The van der Waals surface area contributed by atoms with Crippen LogP contribution >= 0.6 is 11.8 Å². The molecule has 3 aliphatic rings. The van der Waals surface area contributed by atoms with Gasteiger partial charge in [0.2, 0.25) is 5.95 Å². The lowest BCUT2D eigenvalue weighted by molar-refractivity contribution is 0.157. The van der Waals surface area contributed by atoms with E-state index < -0.39 is 5.54 Å². The Morgan fingerprint density at radius 2 is 2.12 bits per heavy atom. The molecule has 0 N–H and O–H groups in total. The van der Waals surface area contributed by atoms with Gasteiger partial charge < -0.3 is 9.47 Å². The molecule has 0 saturated heterocycles. The first-order chi connectivity index (χ1) is 12.6. The minimum atomic E-state index is -0.408. The molecule has 5 nitrogen and oxygen atoms in total. The van der Waals surface area contributed by atoms with E-state index in [1.54, 1.807) is 14.2 Å². The number of imidazole rings is 1. The number of anilines is 1. The number of methoxy groups -OCH3 is 2. The van der Waals surface area contributed by atoms with Crippen LogP contribution in [0.25, 0.3) is 5.70 Å². The van der Waals surface area contributed by atoms with Crippen molar-refractivity contribution in [3.63, 3.8) is 0 Å². The van der Waals surface area contributed by atoms with Crippen molar-refractivity contribution in [1.82, 2.24) is 9.55 Å². The van der Waals surface area contributed by atoms with Gasteiger partial charge in [0, 0.05) is 7.11 Å². The highest BCUT2D eigenvalue weighted by molar-refractivity contribution is 7.99. The summed E-state index contributed by atoms with van der Waals surface area (Å²) in [6, 6.07) is 0. The van der Waals surface area contributed by atoms with Crippen molar-refractivity contribution in [1.29, 1.82) is 0 Å². The smallest absolute Gasteiger partial charge is 0.219 e. The maximum absolute atomic E-state index is 5.81. The molecule has 1 aromatic rings. The van der Waals surface area contributed by atoms with Gasteiger partial charge in [-0.1, -0.05) is 13.0 Å². The monoisotopic (exact) mass is 371 g/mol. The highest BCUT2D eigenvalue weighted by atomic mass is 32.2. The number of fused-ring (bicyclic) bond motifs is 3. The van der Waals surface area contributed by atoms with Gasteiger partial charge in [-0.3, -0.25) is 9.47 Å². The fourth-order valence-electron chi connectivity index (χ4n) is 4.32. The van der Waals surface area contributed by atoms with Crippen molar-refractivity contribution < 1.29 is 9.47 Å². The number of nitrogens with zero attached hydrogens (tertiary/aromatic N) is 3. The van der Waals surface area contributed by atoms with E-state index in [9.17, 15) is 0 Å². The molecular weight excluding hydrogens is 346 g/mol. The van der Waals surface area contributed by atoms with Crippen LogP contribution in [0.15, 0.2) is 52.6 Å². The molecule has 2 aliphatic heterocycles. The molecule has 1 spiro atoms. The molecule has 0 radical (unpaired) electrons. The molecule has 26 heavy (non-hydrogen) atoms. The second-order valence-corrected chi connectivity index (χ2v) is 7.96. The van der Waals surface area contributed by atoms with E-state index >= 15 is 0 Å². The third-order valence-electron chi connectivity index (χ3n) is 5.22. The molecular formula is C20H25N3O2S. The van der Waals surface area contributed by atoms with Crippen molar-refractivity contribution >= 4 is 23.4 Å². The lowest BCUT2D eigenvalue weighted by atomic mass is 9.80. The van der Waals surface area contributed by atoms with Crippen molar-refractivity contribution in [3.8, 4) is 0 Å². The van der Waals surface area contributed by atoms with E-state index in [1.165, 1.54) is 16.8 Å². The van der Waals surface area contributed by atoms with Crippen LogP contribution in [-0.2, 0) is 9.47 Å². The maximum Gasteiger partial charge on any atom is 0.219 e. The fraction of sp³-hybridized carbons (Fsp3) is 0.450. The second-order valence-electron chi connectivity index (χ2n) is 6.84. The summed E-state index contributed by atoms with van der Waals surface area (Å²) in [6.45, 7) is 6.50. The van der Waals surface area contributed by atoms with Crippen LogP contribution in [0.3, 0.4) is 0 Å². The molecule has 4 rings (SSSR count). The predicted molar refractivity (Wildman–Crippen MR) is 106 cm³/mol. The van der Waals surface area contributed by atoms with E-state index in [2.05, 4.69) is 48.5 Å². The molecule has 1 aromatic heterocycles. The van der Waals surface area contributed by atoms with Gasteiger partial charge in [0.05, 0.1) is 19.0 Å². The molecule has 0 saturated carbocycles. The van der Waals surface area contributed by atoms with Gasteiger partial charge in [0.25, 0.3) is 0 Å². The standard InChI is InChI=1S/C20H25N3O2S/c1-6-10-26-16-12-21-19-22(16)18-14(3)17(25-5)13(2)11-20(18)9-7-8-15(24-4)23(19)20/h7-9,11-12,17H,6,10H2,1-5H3. The predicted octanol–water partition coefficient (Wildman–Crippen LogP) is 4.21. The molecule has 2 unspecified atom stereocenters. The molecule has 0 aromatic carbocycles. The Balaban J connectivity index is 1.98. The summed E-state index contributed by atoms with van der Waals surface area (Å²) in [5.41, 5.74) is 3.22. The molecule has 0 fully saturated rings. The average molecular weight is 372 g/mol. The summed E-state index contributed by atoms with van der Waals surface area (Å²) in [6.07, 6.45) is 11.7. The Kier molecular flexibility index (Phi) is 4.28. The van der Waals surface area contributed by atoms with Crippen molar-refractivity contribution in [2.24, 2.45) is 0 Å². The van der Waals surface area contributed by atoms with E-state index in [1.807, 2.05) is 24.0 Å². The van der Waals surface area contributed by atoms with Gasteiger partial charge in [-0.15, -0.1) is 11.8 Å². The Hall–Kier alpha value is -1.92. The Bertz CT molecular complexity index is 864. The lowest BCUT2D eigenvalue weighted by Crippen LogP contribution is -2.47. The minimum absolute atomic E-state index is 0.0137. The number of aromatic nitrogens is 2. The van der Waals surface area contributed by atoms with Crippen LogP contribution in [0, 0.1) is 0 Å². The topological polar surface area (TPSA) is 39.5 Å². The summed E-state index contributed by atoms with van der Waals surface area (Å²) in [5, 5.41) is 1.16. The molecule has 138 valence electrons. The Labute approximate surface area is 159 Å². The van der Waals surface area contributed by atoms with Crippen molar-refractivity contribution in [2.75, 3.05) is 24.9 Å². The molecule has 3 heterocycles. The lowest BCUT2D eigenvalue weighted by Gasteiger charge is -2.41. The zero-order valence-corrected chi connectivity index (χ0v) is 16.8. The second kappa shape index (κ2) is 6.35. The largest absolute Gasteiger partial charge is 0.482 e. The molecule has 0 amide bonds. The summed E-state index contributed by atoms with van der Waals surface area (Å²) in [5.74, 6) is 2.76. The first-order valence-corrected chi connectivity index (χ1v) is 9.95. The number of ether oxygens (including phenoxy) is 2. The highest BCUT2D eigenvalue weighted by Crippen LogP contribution is 2.53. The van der Waals surface area contributed by atoms with Crippen LogP contribution < -0.4 is 4.90 Å². The van der Waals surface area contributed by atoms with E-state index in [0.717, 1.165) is 29.0 Å². The fourth-order valence-corrected chi connectivity index (χ4v) is 5.17. The molecule has 6 heteroatoms. The number of rotatable bonds is 5. The normalized spacial score (nSPS) is 26.3. The molecule has 2 atom stereocenters. The zero-order valence-electron chi connectivity index (χ0n) is 15.9. The van der Waals surface area contributed by atoms with Gasteiger partial charge in [0.15, 0.2) is 5.88 Å². The summed E-state index contributed by atoms with van der Waals surface area (Å²) < 4.78 is 13.8. The molecule has 0 bridgehead atoms. The summed E-state index contributed by atoms with van der Waals surface area (Å²) in [4.78, 5) is 6.96. The number of thioether (sulfide) groups is 1. The van der Waals surface area contributed by atoms with E-state index in [-0.39, 0.29) is 6.10 Å². The average Bonchev–Trinajstić information content (AvgIpc) is 3.15. The third kappa shape index (κ3) is 2.18. The summed E-state index contributed by atoms with van der Waals surface area (Å²) in [7, 11) is 3.49. The Morgan fingerprint density at radius 1 is 1.31 bits per heavy atom. The van der Waals surface area contributed by atoms with Gasteiger partial charge >= 0.3 is 0 Å². The number of allylic oxidation sites excluding steroid dienone is 2. The van der Waals surface area contributed by atoms with Crippen LogP contribution in [0.1, 0.15) is 27.2 Å². The SMILES string of the molecule is CCCSc1cnc2n1C1=C(C)C(OC)C(C)=CC13C=CC=C(OC)N23. The summed E-state index contributed by atoms with van der Waals surface area (Å²) >= 11 is 1.84. The molecule has 1 aliphatic carbocycles. The van der Waals surface area contributed by atoms with Gasteiger partial charge in [-0.25, -0.2) is 4.98 Å². The van der Waals surface area contributed by atoms with Crippen LogP contribution in [-0.4, -0.2) is 41.2 Å². The van der Waals surface area contributed by atoms with Crippen molar-refractivity contribution in [2.45, 2.75) is 43.9 Å². The first-order valence-electron chi connectivity index (χ1n) is 8.97. The van der Waals surface area contributed by atoms with Gasteiger partial charge in [0.1, 0.15) is 16.7 Å². The quantitative estimate of drug-likeness (QED) is 0.573. The third-order valence-corrected chi connectivity index (χ3v) is 6.42. The van der Waals surface area contributed by atoms with E-state index in [4.69, 9.17) is 14.5 Å². The van der Waals surface area contributed by atoms with Gasteiger partial charge in [-0.2, -0.15) is 0 Å². The Morgan fingerprint density at radius 3 is 2.81 bits per heavy atom. The first kappa shape index (κ1) is 17.5. The highest BCUT2D eigenvalue weighted by Gasteiger charge is 2.53.